The molecule has 3 heteroatoms. The second kappa shape index (κ2) is 15.0. The van der Waals surface area contributed by atoms with Crippen molar-refractivity contribution in [1.29, 1.82) is 0 Å². The largest absolute Gasteiger partial charge is 0.508 e. The monoisotopic (exact) mass is 469 g/mol. The second-order valence-electron chi connectivity index (χ2n) is 9.10. The van der Waals surface area contributed by atoms with Crippen LogP contribution < -0.4 is 0 Å². The maximum atomic E-state index is 9.30. The fourth-order valence-corrected chi connectivity index (χ4v) is 3.96. The van der Waals surface area contributed by atoms with Gasteiger partial charge in [-0.15, -0.1) is 0 Å². The summed E-state index contributed by atoms with van der Waals surface area (Å²) >= 11 is 0. The van der Waals surface area contributed by atoms with Crippen LogP contribution in [0.25, 0.3) is 11.6 Å². The molecule has 5 rings (SSSR count). The Kier molecular flexibility index (Phi) is 11.3. The van der Waals surface area contributed by atoms with E-state index in [1.807, 2.05) is 48.5 Å². The highest BCUT2D eigenvalue weighted by atomic mass is 16.3. The number of hydrogen-bond acceptors (Lipinski definition) is 3. The molecule has 0 radical (unpaired) electrons. The molecule has 184 valence electrons. The Morgan fingerprint density at radius 2 is 1.54 bits per heavy atom. The number of phenols is 1. The number of benzene rings is 3. The number of aryl methyl sites for hydroxylation is 1. The van der Waals surface area contributed by atoms with Gasteiger partial charge in [-0.3, -0.25) is 4.90 Å². The quantitative estimate of drug-likeness (QED) is 0.299. The van der Waals surface area contributed by atoms with Gasteiger partial charge in [0.15, 0.2) is 0 Å². The van der Waals surface area contributed by atoms with Crippen molar-refractivity contribution in [1.82, 2.24) is 4.90 Å². The predicted octanol–water partition coefficient (Wildman–Crippen LogP) is 7.11. The first-order chi connectivity index (χ1) is 17.2. The van der Waals surface area contributed by atoms with Crippen molar-refractivity contribution in [3.05, 3.63) is 114 Å². The maximum Gasteiger partial charge on any atom is 0.115 e. The van der Waals surface area contributed by atoms with Gasteiger partial charge < -0.3 is 10.2 Å². The van der Waals surface area contributed by atoms with Crippen molar-refractivity contribution in [2.24, 2.45) is 0 Å². The summed E-state index contributed by atoms with van der Waals surface area (Å²) in [5.74, 6) is 0.272. The molecule has 2 aliphatic rings. The van der Waals surface area contributed by atoms with Crippen LogP contribution in [0.1, 0.15) is 48.8 Å². The fourth-order valence-electron chi connectivity index (χ4n) is 3.96. The molecule has 0 aromatic heterocycles. The van der Waals surface area contributed by atoms with E-state index in [1.54, 1.807) is 12.1 Å². The number of rotatable bonds is 6. The van der Waals surface area contributed by atoms with Gasteiger partial charge in [-0.25, -0.2) is 0 Å². The first-order valence-electron chi connectivity index (χ1n) is 12.7. The molecular weight excluding hydrogens is 430 g/mol. The van der Waals surface area contributed by atoms with E-state index in [4.69, 9.17) is 5.11 Å². The van der Waals surface area contributed by atoms with E-state index in [-0.39, 0.29) is 12.4 Å². The Labute approximate surface area is 211 Å². The molecule has 3 aromatic carbocycles. The van der Waals surface area contributed by atoms with Crippen LogP contribution in [0, 0.1) is 6.92 Å². The summed E-state index contributed by atoms with van der Waals surface area (Å²) < 4.78 is 0. The number of phenolic OH excluding ortho intramolecular Hbond substituents is 1. The highest BCUT2D eigenvalue weighted by molar-refractivity contribution is 5.81. The van der Waals surface area contributed by atoms with E-state index in [9.17, 15) is 5.11 Å². The predicted molar refractivity (Wildman–Crippen MR) is 148 cm³/mol. The van der Waals surface area contributed by atoms with Gasteiger partial charge in [-0.05, 0) is 67.9 Å². The van der Waals surface area contributed by atoms with Gasteiger partial charge in [-0.2, -0.15) is 0 Å². The van der Waals surface area contributed by atoms with Crippen LogP contribution in [0.15, 0.2) is 97.1 Å². The Balaban J connectivity index is 0.000000174. The lowest BCUT2D eigenvalue weighted by molar-refractivity contribution is 0.288. The molecule has 0 bridgehead atoms. The lowest BCUT2D eigenvalue weighted by atomic mass is 9.98. The highest BCUT2D eigenvalue weighted by Gasteiger charge is 2.28. The normalized spacial score (nSPS) is 15.4. The number of aliphatic hydroxyl groups is 1. The molecule has 3 aromatic rings. The molecule has 35 heavy (non-hydrogen) atoms. The van der Waals surface area contributed by atoms with E-state index in [1.165, 1.54) is 49.1 Å². The smallest absolute Gasteiger partial charge is 0.115 e. The summed E-state index contributed by atoms with van der Waals surface area (Å²) in [5, 5.41) is 18.3. The van der Waals surface area contributed by atoms with Crippen molar-refractivity contribution in [2.75, 3.05) is 19.7 Å². The second-order valence-corrected chi connectivity index (χ2v) is 9.10. The number of allylic oxidation sites excluding steroid dienone is 1. The van der Waals surface area contributed by atoms with Gasteiger partial charge in [0.05, 0.1) is 0 Å². The Bertz CT molecular complexity index is 1020. The van der Waals surface area contributed by atoms with Crippen LogP contribution in [-0.4, -0.2) is 40.9 Å². The van der Waals surface area contributed by atoms with E-state index in [0.717, 1.165) is 24.4 Å². The molecule has 1 aliphatic carbocycles. The van der Waals surface area contributed by atoms with E-state index < -0.39 is 0 Å². The van der Waals surface area contributed by atoms with E-state index >= 15 is 0 Å². The zero-order chi connectivity index (χ0) is 24.7. The fraction of sp³-hybridized carbons (Fsp3) is 0.312. The number of nitrogens with zero attached hydrogens (tertiary/aromatic N) is 1. The van der Waals surface area contributed by atoms with Crippen LogP contribution in [0.2, 0.25) is 0 Å². The summed E-state index contributed by atoms with van der Waals surface area (Å²) in [6.45, 7) is 4.80. The summed E-state index contributed by atoms with van der Waals surface area (Å²) in [7, 11) is 0. The first kappa shape index (κ1) is 26.5. The first-order valence-corrected chi connectivity index (χ1v) is 12.7. The molecular formula is C32H39NO2. The maximum absolute atomic E-state index is 9.30. The summed E-state index contributed by atoms with van der Waals surface area (Å²) in [6.07, 6.45) is 12.4. The molecule has 1 saturated carbocycles. The standard InChI is InChI=1S/C17H18O2.C8H13N.C7H8/c18-12-4-7-16(15-5-2-1-3-6-15)13-14-8-10-17(19)11-9-14;1-2-6-9(7-3-1)8-4-5-8;1-7-5-3-2-4-6-7/h1-3,5-6,8-11,13,18-19H,4,7,12H2;1-2,8H,3-7H2;2-6H,1H3/b16-13+;;. The van der Waals surface area contributed by atoms with Crippen LogP contribution in [-0.2, 0) is 0 Å². The SMILES string of the molecule is C1=CCN(C2CC2)CC1.Cc1ccccc1.OCCC/C(=C\c1ccc(O)cc1)c1ccccc1. The minimum Gasteiger partial charge on any atom is -0.508 e. The zero-order valence-corrected chi connectivity index (χ0v) is 20.9. The van der Waals surface area contributed by atoms with Gasteiger partial charge in [0, 0.05) is 25.7 Å². The van der Waals surface area contributed by atoms with Gasteiger partial charge >= 0.3 is 0 Å². The van der Waals surface area contributed by atoms with Crippen molar-refractivity contribution in [2.45, 2.75) is 45.1 Å². The topological polar surface area (TPSA) is 43.7 Å². The Morgan fingerprint density at radius 1 is 0.886 bits per heavy atom. The highest BCUT2D eigenvalue weighted by Crippen LogP contribution is 2.27. The van der Waals surface area contributed by atoms with Crippen LogP contribution in [0.5, 0.6) is 5.75 Å². The van der Waals surface area contributed by atoms with Crippen molar-refractivity contribution < 1.29 is 10.2 Å². The minimum atomic E-state index is 0.194. The average Bonchev–Trinajstić information content (AvgIpc) is 3.76. The molecule has 0 saturated heterocycles. The van der Waals surface area contributed by atoms with Gasteiger partial charge in [0.2, 0.25) is 0 Å². The molecule has 3 nitrogen and oxygen atoms in total. The lowest BCUT2D eigenvalue weighted by Gasteiger charge is -2.21. The van der Waals surface area contributed by atoms with Crippen molar-refractivity contribution in [3.8, 4) is 5.75 Å². The number of aliphatic hydroxyl groups excluding tert-OH is 1. The lowest BCUT2D eigenvalue weighted by Crippen LogP contribution is -2.29. The third kappa shape index (κ3) is 10.3. The molecule has 1 fully saturated rings. The van der Waals surface area contributed by atoms with Crippen molar-refractivity contribution >= 4 is 11.6 Å². The molecule has 1 heterocycles. The Morgan fingerprint density at radius 3 is 2.06 bits per heavy atom. The summed E-state index contributed by atoms with van der Waals surface area (Å²) in [4.78, 5) is 2.58. The molecule has 0 amide bonds. The van der Waals surface area contributed by atoms with Crippen LogP contribution >= 0.6 is 0 Å². The minimum absolute atomic E-state index is 0.194. The van der Waals surface area contributed by atoms with Gasteiger partial charge in [0.25, 0.3) is 0 Å². The molecule has 0 spiro atoms. The molecule has 0 unspecified atom stereocenters. The average molecular weight is 470 g/mol. The molecule has 0 atom stereocenters. The Hall–Kier alpha value is -3.14. The number of hydrogen-bond donors (Lipinski definition) is 2. The molecule has 2 N–H and O–H groups in total. The van der Waals surface area contributed by atoms with Crippen LogP contribution in [0.4, 0.5) is 0 Å². The third-order valence-electron chi connectivity index (χ3n) is 6.08. The van der Waals surface area contributed by atoms with E-state index in [2.05, 4.69) is 54.3 Å². The van der Waals surface area contributed by atoms with Crippen molar-refractivity contribution in [3.63, 3.8) is 0 Å². The van der Waals surface area contributed by atoms with E-state index in [0.29, 0.717) is 0 Å². The number of aromatic hydroxyl groups is 1. The summed E-state index contributed by atoms with van der Waals surface area (Å²) in [5.41, 5.74) is 4.74. The summed E-state index contributed by atoms with van der Waals surface area (Å²) in [6, 6.07) is 28.5. The third-order valence-corrected chi connectivity index (χ3v) is 6.08. The van der Waals surface area contributed by atoms with Gasteiger partial charge in [0.1, 0.15) is 5.75 Å². The van der Waals surface area contributed by atoms with Gasteiger partial charge in [-0.1, -0.05) is 96.6 Å². The molecule has 1 aliphatic heterocycles. The van der Waals surface area contributed by atoms with Crippen LogP contribution in [0.3, 0.4) is 0 Å². The zero-order valence-electron chi connectivity index (χ0n) is 20.9.